The van der Waals surface area contributed by atoms with Crippen molar-refractivity contribution in [3.05, 3.63) is 57.3 Å². The first-order chi connectivity index (χ1) is 11.4. The number of nitrogens with one attached hydrogen (secondary N) is 2. The van der Waals surface area contributed by atoms with Gasteiger partial charge < -0.3 is 10.3 Å². The number of anilines is 1. The highest BCUT2D eigenvalue weighted by Gasteiger charge is 2.07. The van der Waals surface area contributed by atoms with Crippen LogP contribution in [0, 0.1) is 0 Å². The number of nitrogens with zero attached hydrogens (tertiary/aromatic N) is 2. The van der Waals surface area contributed by atoms with E-state index in [2.05, 4.69) is 50.8 Å². The predicted molar refractivity (Wildman–Crippen MR) is 96.2 cm³/mol. The third-order valence-electron chi connectivity index (χ3n) is 4.17. The van der Waals surface area contributed by atoms with E-state index in [4.69, 9.17) is 0 Å². The fourth-order valence-electron chi connectivity index (χ4n) is 2.98. The largest absolute Gasteiger partial charge is 0.365 e. The lowest BCUT2D eigenvalue weighted by molar-refractivity contribution is 0.933. The number of H-pyrrole nitrogens is 1. The molecule has 0 fully saturated rings. The summed E-state index contributed by atoms with van der Waals surface area (Å²) in [5.74, 6) is 2.16. The summed E-state index contributed by atoms with van der Waals surface area (Å²) in [4.78, 5) is 13.7. The van der Waals surface area contributed by atoms with Crippen LogP contribution >= 0.6 is 11.8 Å². The Morgan fingerprint density at radius 3 is 3.04 bits per heavy atom. The van der Waals surface area contributed by atoms with Gasteiger partial charge in [-0.05, 0) is 30.0 Å². The third-order valence-corrected chi connectivity index (χ3v) is 5.29. The van der Waals surface area contributed by atoms with Gasteiger partial charge in [-0.1, -0.05) is 18.2 Å². The number of aromatic nitrogens is 2. The van der Waals surface area contributed by atoms with Crippen molar-refractivity contribution in [3.8, 4) is 0 Å². The zero-order chi connectivity index (χ0) is 15.5. The maximum atomic E-state index is 4.54. The van der Waals surface area contributed by atoms with Gasteiger partial charge in [0.2, 0.25) is 0 Å². The summed E-state index contributed by atoms with van der Waals surface area (Å²) in [5.41, 5.74) is 3.56. The topological polar surface area (TPSA) is 53.1 Å². The molecule has 2 N–H and O–H groups in total. The zero-order valence-electron chi connectivity index (χ0n) is 13.0. The second-order valence-electron chi connectivity index (χ2n) is 5.84. The maximum Gasteiger partial charge on any atom is 0.132 e. The van der Waals surface area contributed by atoms with Crippen molar-refractivity contribution >= 4 is 23.7 Å². The Bertz CT molecular complexity index is 833. The average molecular weight is 324 g/mol. The first-order valence-corrected chi connectivity index (χ1v) is 9.08. The number of allylic oxidation sites excluding steroid dienone is 1. The number of aromatic amines is 1. The van der Waals surface area contributed by atoms with E-state index >= 15 is 0 Å². The Morgan fingerprint density at radius 2 is 2.22 bits per heavy atom. The Balaban J connectivity index is 1.43. The quantitative estimate of drug-likeness (QED) is 0.887. The van der Waals surface area contributed by atoms with Crippen LogP contribution in [0.3, 0.4) is 0 Å². The molecule has 0 bridgehead atoms. The number of hydrogen-bond acceptors (Lipinski definition) is 4. The summed E-state index contributed by atoms with van der Waals surface area (Å²) >= 11 is 1.94. The van der Waals surface area contributed by atoms with Gasteiger partial charge in [-0.3, -0.25) is 4.99 Å². The predicted octanol–water partition coefficient (Wildman–Crippen LogP) is 2.24. The van der Waals surface area contributed by atoms with Gasteiger partial charge in [0.15, 0.2) is 0 Å². The van der Waals surface area contributed by atoms with Crippen LogP contribution < -0.4 is 16.0 Å². The molecule has 4 rings (SSSR count). The normalized spacial score (nSPS) is 16.3. The Morgan fingerprint density at radius 1 is 1.22 bits per heavy atom. The van der Waals surface area contributed by atoms with Crippen LogP contribution in [-0.2, 0) is 6.42 Å². The summed E-state index contributed by atoms with van der Waals surface area (Å²) in [6, 6.07) is 4.23. The number of rotatable bonds is 5. The van der Waals surface area contributed by atoms with E-state index in [9.17, 15) is 0 Å². The van der Waals surface area contributed by atoms with Gasteiger partial charge in [-0.15, -0.1) is 11.8 Å². The van der Waals surface area contributed by atoms with E-state index in [0.29, 0.717) is 0 Å². The summed E-state index contributed by atoms with van der Waals surface area (Å²) in [5, 5.41) is 4.66. The van der Waals surface area contributed by atoms with Crippen LogP contribution in [-0.4, -0.2) is 28.8 Å². The molecule has 0 unspecified atom stereocenters. The van der Waals surface area contributed by atoms with Gasteiger partial charge in [0.25, 0.3) is 0 Å². The van der Waals surface area contributed by atoms with Crippen molar-refractivity contribution in [2.45, 2.75) is 19.3 Å². The van der Waals surface area contributed by atoms with Gasteiger partial charge in [0, 0.05) is 47.8 Å². The highest BCUT2D eigenvalue weighted by Crippen LogP contribution is 2.24. The third kappa shape index (κ3) is 3.34. The van der Waals surface area contributed by atoms with E-state index in [0.717, 1.165) is 37.2 Å². The summed E-state index contributed by atoms with van der Waals surface area (Å²) in [7, 11) is 0. The van der Waals surface area contributed by atoms with Crippen molar-refractivity contribution in [3.63, 3.8) is 0 Å². The molecule has 0 saturated carbocycles. The molecule has 0 amide bonds. The van der Waals surface area contributed by atoms with Crippen LogP contribution in [0.15, 0.2) is 40.5 Å². The summed E-state index contributed by atoms with van der Waals surface area (Å²) in [6.45, 7) is 1.78. The van der Waals surface area contributed by atoms with Crippen LogP contribution in [0.5, 0.6) is 0 Å². The van der Waals surface area contributed by atoms with E-state index in [1.165, 1.54) is 33.4 Å². The molecule has 0 aromatic carbocycles. The lowest BCUT2D eigenvalue weighted by Gasteiger charge is -2.07. The Kier molecular flexibility index (Phi) is 4.20. The SMILES string of the molecule is C1=C(CNc2ccc(Cc3c[nH]c4c3=CCCN=4)cn2)SCC1. The molecule has 5 heteroatoms. The van der Waals surface area contributed by atoms with Crippen LogP contribution in [0.2, 0.25) is 0 Å². The first kappa shape index (κ1) is 14.6. The molecule has 4 heterocycles. The zero-order valence-corrected chi connectivity index (χ0v) is 13.8. The second kappa shape index (κ2) is 6.62. The molecule has 0 saturated heterocycles. The smallest absolute Gasteiger partial charge is 0.132 e. The summed E-state index contributed by atoms with van der Waals surface area (Å²) in [6.07, 6.45) is 11.8. The van der Waals surface area contributed by atoms with Crippen LogP contribution in [0.4, 0.5) is 5.82 Å². The van der Waals surface area contributed by atoms with Gasteiger partial charge in [0.1, 0.15) is 11.3 Å². The van der Waals surface area contributed by atoms with Gasteiger partial charge in [-0.2, -0.15) is 0 Å². The van der Waals surface area contributed by atoms with Gasteiger partial charge in [0.05, 0.1) is 0 Å². The minimum absolute atomic E-state index is 0.888. The first-order valence-electron chi connectivity index (χ1n) is 8.10. The highest BCUT2D eigenvalue weighted by atomic mass is 32.2. The fourth-order valence-corrected chi connectivity index (χ4v) is 3.88. The average Bonchev–Trinajstić information content (AvgIpc) is 3.25. The molecule has 0 spiro atoms. The van der Waals surface area contributed by atoms with E-state index in [1.54, 1.807) is 0 Å². The van der Waals surface area contributed by atoms with Crippen molar-refractivity contribution in [1.29, 1.82) is 0 Å². The molecule has 2 aromatic rings. The molecule has 0 radical (unpaired) electrons. The van der Waals surface area contributed by atoms with Crippen molar-refractivity contribution < 1.29 is 0 Å². The van der Waals surface area contributed by atoms with Gasteiger partial charge in [-0.25, -0.2) is 4.98 Å². The lowest BCUT2D eigenvalue weighted by Crippen LogP contribution is -2.28. The minimum atomic E-state index is 0.888. The van der Waals surface area contributed by atoms with Crippen LogP contribution in [0.1, 0.15) is 24.0 Å². The minimum Gasteiger partial charge on any atom is -0.365 e. The number of thioether (sulfide) groups is 1. The number of pyridine rings is 1. The molecule has 4 nitrogen and oxygen atoms in total. The maximum absolute atomic E-state index is 4.54. The van der Waals surface area contributed by atoms with Crippen molar-refractivity contribution in [2.75, 3.05) is 24.2 Å². The molecular weight excluding hydrogens is 304 g/mol. The fraction of sp³-hybridized carbons (Fsp3) is 0.333. The van der Waals surface area contributed by atoms with E-state index in [-0.39, 0.29) is 0 Å². The van der Waals surface area contributed by atoms with Gasteiger partial charge >= 0.3 is 0 Å². The standard InChI is InChI=1S/C18H20N4S/c1-4-16-14(11-22-18(16)19-7-1)9-13-5-6-17(20-10-13)21-12-15-3-2-8-23-15/h3-6,10-11H,1-2,7-9,12H2,(H,19,22)(H,20,21). The van der Waals surface area contributed by atoms with Crippen LogP contribution in [0.25, 0.3) is 6.08 Å². The molecule has 118 valence electrons. The molecule has 2 aliphatic heterocycles. The Labute approximate surface area is 139 Å². The molecular formula is C18H20N4S. The molecule has 2 aliphatic rings. The lowest BCUT2D eigenvalue weighted by atomic mass is 10.1. The molecule has 0 aliphatic carbocycles. The van der Waals surface area contributed by atoms with E-state index in [1.807, 2.05) is 18.0 Å². The van der Waals surface area contributed by atoms with E-state index < -0.39 is 0 Å². The number of hydrogen-bond donors (Lipinski definition) is 2. The summed E-state index contributed by atoms with van der Waals surface area (Å²) < 4.78 is 0. The Hall–Kier alpha value is -2.01. The second-order valence-corrected chi connectivity index (χ2v) is 7.06. The van der Waals surface area contributed by atoms with Crippen molar-refractivity contribution in [1.82, 2.24) is 9.97 Å². The molecule has 23 heavy (non-hydrogen) atoms. The molecule has 0 atom stereocenters. The highest BCUT2D eigenvalue weighted by molar-refractivity contribution is 8.03. The number of fused-ring (bicyclic) bond motifs is 1. The monoisotopic (exact) mass is 324 g/mol. The van der Waals surface area contributed by atoms with Crippen molar-refractivity contribution in [2.24, 2.45) is 4.99 Å². The molecule has 2 aromatic heterocycles.